The fourth-order valence-corrected chi connectivity index (χ4v) is 4.11. The minimum atomic E-state index is -1.25. The van der Waals surface area contributed by atoms with Gasteiger partial charge in [0.2, 0.25) is 0 Å². The standard InChI is InChI=1S/C23H33NO2S/c1-7-23(6,8-2)20-12-14-21(15-13-20)27(25)24-19(5)16-26-22-17(3)10-9-11-18(22)4/h9-15,19,24H,7-8,16H2,1-6H3. The molecule has 0 radical (unpaired) electrons. The lowest BCUT2D eigenvalue weighted by Crippen LogP contribution is -2.33. The second-order valence-electron chi connectivity index (χ2n) is 7.61. The van der Waals surface area contributed by atoms with E-state index in [0.717, 1.165) is 34.6 Å². The summed E-state index contributed by atoms with van der Waals surface area (Å²) in [5, 5.41) is 0. The Morgan fingerprint density at radius 3 is 2.11 bits per heavy atom. The molecule has 0 aromatic heterocycles. The van der Waals surface area contributed by atoms with E-state index in [2.05, 4.69) is 37.6 Å². The molecule has 0 fully saturated rings. The molecule has 2 aromatic carbocycles. The van der Waals surface area contributed by atoms with Crippen LogP contribution in [0.15, 0.2) is 47.4 Å². The minimum Gasteiger partial charge on any atom is -0.491 e. The van der Waals surface area contributed by atoms with Gasteiger partial charge in [0, 0.05) is 0 Å². The third kappa shape index (κ3) is 5.43. The van der Waals surface area contributed by atoms with Crippen molar-refractivity contribution in [2.24, 2.45) is 0 Å². The van der Waals surface area contributed by atoms with Crippen LogP contribution < -0.4 is 9.46 Å². The van der Waals surface area contributed by atoms with Crippen molar-refractivity contribution >= 4 is 11.0 Å². The summed E-state index contributed by atoms with van der Waals surface area (Å²) in [6.07, 6.45) is 2.19. The van der Waals surface area contributed by atoms with Gasteiger partial charge in [0.15, 0.2) is 0 Å². The van der Waals surface area contributed by atoms with E-state index in [4.69, 9.17) is 4.74 Å². The zero-order chi connectivity index (χ0) is 20.0. The first kappa shape index (κ1) is 21.6. The van der Waals surface area contributed by atoms with Gasteiger partial charge in [-0.25, -0.2) is 8.93 Å². The van der Waals surface area contributed by atoms with Gasteiger partial charge in [-0.1, -0.05) is 51.1 Å². The normalized spacial score (nSPS) is 14.0. The number of ether oxygens (including phenoxy) is 1. The average molecular weight is 388 g/mol. The third-order valence-electron chi connectivity index (χ3n) is 5.52. The minimum absolute atomic E-state index is 0.0268. The summed E-state index contributed by atoms with van der Waals surface area (Å²) in [6.45, 7) is 13.3. The van der Waals surface area contributed by atoms with Gasteiger partial charge in [-0.05, 0) is 67.9 Å². The Hall–Kier alpha value is -1.65. The molecule has 0 spiro atoms. The molecule has 1 N–H and O–H groups in total. The van der Waals surface area contributed by atoms with Crippen molar-refractivity contribution < 1.29 is 8.95 Å². The highest BCUT2D eigenvalue weighted by Crippen LogP contribution is 2.31. The Labute approximate surface area is 167 Å². The zero-order valence-corrected chi connectivity index (χ0v) is 18.3. The first-order valence-electron chi connectivity index (χ1n) is 9.78. The molecule has 2 atom stereocenters. The van der Waals surface area contributed by atoms with Crippen LogP contribution in [0.25, 0.3) is 0 Å². The Kier molecular flexibility index (Phi) is 7.63. The predicted octanol–water partition coefficient (Wildman–Crippen LogP) is 5.46. The first-order chi connectivity index (χ1) is 12.8. The Bertz CT molecular complexity index is 746. The molecule has 4 heteroatoms. The molecule has 0 saturated carbocycles. The monoisotopic (exact) mass is 387 g/mol. The number of para-hydroxylation sites is 1. The van der Waals surface area contributed by atoms with E-state index >= 15 is 0 Å². The van der Waals surface area contributed by atoms with Gasteiger partial charge in [0.05, 0.1) is 10.9 Å². The van der Waals surface area contributed by atoms with Gasteiger partial charge in [-0.15, -0.1) is 0 Å². The summed E-state index contributed by atoms with van der Waals surface area (Å²) in [4.78, 5) is 0.798. The van der Waals surface area contributed by atoms with E-state index in [-0.39, 0.29) is 11.5 Å². The summed E-state index contributed by atoms with van der Waals surface area (Å²) in [6, 6.07) is 14.3. The smallest absolute Gasteiger partial charge is 0.125 e. The lowest BCUT2D eigenvalue weighted by Gasteiger charge is -2.27. The fraction of sp³-hybridized carbons (Fsp3) is 0.478. The number of aryl methyl sites for hydroxylation is 2. The molecule has 0 aliphatic carbocycles. The molecular formula is C23H33NO2S. The van der Waals surface area contributed by atoms with Gasteiger partial charge < -0.3 is 4.74 Å². The Morgan fingerprint density at radius 1 is 1.04 bits per heavy atom. The molecule has 0 heterocycles. The highest BCUT2D eigenvalue weighted by atomic mass is 32.2. The van der Waals surface area contributed by atoms with E-state index in [1.54, 1.807) is 0 Å². The van der Waals surface area contributed by atoms with Crippen molar-refractivity contribution in [2.75, 3.05) is 6.61 Å². The molecule has 0 aliphatic rings. The van der Waals surface area contributed by atoms with E-state index in [9.17, 15) is 4.21 Å². The molecule has 2 aromatic rings. The van der Waals surface area contributed by atoms with E-state index in [1.807, 2.05) is 51.1 Å². The van der Waals surface area contributed by atoms with Crippen molar-refractivity contribution in [2.45, 2.75) is 70.7 Å². The molecule has 2 rings (SSSR count). The second-order valence-corrected chi connectivity index (χ2v) is 8.86. The van der Waals surface area contributed by atoms with Crippen molar-refractivity contribution in [3.63, 3.8) is 0 Å². The van der Waals surface area contributed by atoms with E-state index in [1.165, 1.54) is 5.56 Å². The zero-order valence-electron chi connectivity index (χ0n) is 17.5. The molecule has 0 aliphatic heterocycles. The van der Waals surface area contributed by atoms with Crippen LogP contribution in [0.4, 0.5) is 0 Å². The lowest BCUT2D eigenvalue weighted by molar-refractivity contribution is 0.285. The SMILES string of the molecule is CCC(C)(CC)c1ccc(S(=O)NC(C)COc2c(C)cccc2C)cc1. The predicted molar refractivity (Wildman–Crippen MR) is 115 cm³/mol. The Balaban J connectivity index is 1.96. The van der Waals surface area contributed by atoms with Crippen molar-refractivity contribution in [3.8, 4) is 5.75 Å². The van der Waals surface area contributed by atoms with Crippen LogP contribution in [0.5, 0.6) is 5.75 Å². The van der Waals surface area contributed by atoms with Crippen LogP contribution >= 0.6 is 0 Å². The average Bonchev–Trinajstić information content (AvgIpc) is 2.67. The largest absolute Gasteiger partial charge is 0.491 e. The molecule has 0 amide bonds. The van der Waals surface area contributed by atoms with Gasteiger partial charge >= 0.3 is 0 Å². The summed E-state index contributed by atoms with van der Waals surface area (Å²) >= 11 is 0. The lowest BCUT2D eigenvalue weighted by atomic mass is 9.78. The number of hydrogen-bond acceptors (Lipinski definition) is 2. The van der Waals surface area contributed by atoms with Crippen molar-refractivity contribution in [1.82, 2.24) is 4.72 Å². The maximum Gasteiger partial charge on any atom is 0.125 e. The number of rotatable bonds is 9. The third-order valence-corrected chi connectivity index (χ3v) is 6.84. The quantitative estimate of drug-likeness (QED) is 0.620. The van der Waals surface area contributed by atoms with E-state index < -0.39 is 11.0 Å². The topological polar surface area (TPSA) is 38.3 Å². The molecular weight excluding hydrogens is 354 g/mol. The van der Waals surface area contributed by atoms with Crippen LogP contribution in [0.2, 0.25) is 0 Å². The maximum absolute atomic E-state index is 12.6. The molecule has 27 heavy (non-hydrogen) atoms. The summed E-state index contributed by atoms with van der Waals surface area (Å²) in [5.41, 5.74) is 3.72. The van der Waals surface area contributed by atoms with Gasteiger partial charge in [-0.2, -0.15) is 0 Å². The van der Waals surface area contributed by atoms with Crippen LogP contribution in [0, 0.1) is 13.8 Å². The summed E-state index contributed by atoms with van der Waals surface area (Å²) in [7, 11) is -1.25. The molecule has 0 bridgehead atoms. The van der Waals surface area contributed by atoms with Gasteiger partial charge in [0.25, 0.3) is 0 Å². The Morgan fingerprint density at radius 2 is 1.59 bits per heavy atom. The van der Waals surface area contributed by atoms with Crippen LogP contribution in [0.1, 0.15) is 57.2 Å². The fourth-order valence-electron chi connectivity index (χ4n) is 3.16. The molecule has 3 nitrogen and oxygen atoms in total. The highest BCUT2D eigenvalue weighted by Gasteiger charge is 2.22. The van der Waals surface area contributed by atoms with Gasteiger partial charge in [0.1, 0.15) is 23.3 Å². The number of hydrogen-bond donors (Lipinski definition) is 1. The maximum atomic E-state index is 12.6. The molecule has 2 unspecified atom stereocenters. The number of benzene rings is 2. The first-order valence-corrected chi connectivity index (χ1v) is 10.9. The van der Waals surface area contributed by atoms with Gasteiger partial charge in [-0.3, -0.25) is 0 Å². The van der Waals surface area contributed by atoms with Crippen molar-refractivity contribution in [1.29, 1.82) is 0 Å². The molecule has 148 valence electrons. The molecule has 0 saturated heterocycles. The van der Waals surface area contributed by atoms with Crippen molar-refractivity contribution in [3.05, 3.63) is 59.2 Å². The number of nitrogens with one attached hydrogen (secondary N) is 1. The van der Waals surface area contributed by atoms with Crippen LogP contribution in [-0.2, 0) is 16.4 Å². The van der Waals surface area contributed by atoms with E-state index in [0.29, 0.717) is 6.61 Å². The highest BCUT2D eigenvalue weighted by molar-refractivity contribution is 7.83. The second kappa shape index (κ2) is 9.52. The summed E-state index contributed by atoms with van der Waals surface area (Å²) < 4.78 is 21.7. The summed E-state index contributed by atoms with van der Waals surface area (Å²) in [5.74, 6) is 0.916. The van der Waals surface area contributed by atoms with Crippen LogP contribution in [0.3, 0.4) is 0 Å². The van der Waals surface area contributed by atoms with Crippen LogP contribution in [-0.4, -0.2) is 16.9 Å².